The van der Waals surface area contributed by atoms with E-state index >= 15 is 0 Å². The number of hydrogen-bond donors (Lipinski definition) is 2. The molecule has 2 rings (SSSR count). The fourth-order valence-corrected chi connectivity index (χ4v) is 3.27. The Labute approximate surface area is 120 Å². The van der Waals surface area contributed by atoms with E-state index in [2.05, 4.69) is 20.8 Å². The van der Waals surface area contributed by atoms with Crippen LogP contribution in [-0.4, -0.2) is 9.79 Å². The molecule has 108 valence electrons. The predicted molar refractivity (Wildman–Crippen MR) is 84.6 cm³/mol. The van der Waals surface area contributed by atoms with Gasteiger partial charge < -0.3 is 0 Å². The molecular formula is C16H21O3P. The van der Waals surface area contributed by atoms with Crippen LogP contribution in [0.25, 0.3) is 0 Å². The third-order valence-electron chi connectivity index (χ3n) is 3.10. The van der Waals surface area contributed by atoms with Crippen molar-refractivity contribution in [2.45, 2.75) is 26.2 Å². The summed E-state index contributed by atoms with van der Waals surface area (Å²) >= 11 is 0. The van der Waals surface area contributed by atoms with Crippen molar-refractivity contribution in [3.63, 3.8) is 0 Å². The molecular weight excluding hydrogens is 271 g/mol. The Bertz CT molecular complexity index is 574. The number of hydrogen-bond acceptors (Lipinski definition) is 3. The molecule has 0 bridgehead atoms. The van der Waals surface area contributed by atoms with Gasteiger partial charge in [0.25, 0.3) is 0 Å². The molecule has 0 spiro atoms. The number of rotatable bonds is 3. The van der Waals surface area contributed by atoms with E-state index in [1.165, 1.54) is 0 Å². The van der Waals surface area contributed by atoms with Crippen LogP contribution in [0.5, 0.6) is 5.75 Å². The van der Waals surface area contributed by atoms with Crippen molar-refractivity contribution in [3.05, 3.63) is 60.2 Å². The van der Waals surface area contributed by atoms with Gasteiger partial charge in [-0.25, -0.2) is 0 Å². The van der Waals surface area contributed by atoms with Crippen molar-refractivity contribution in [2.75, 3.05) is 0 Å². The van der Waals surface area contributed by atoms with E-state index in [9.17, 15) is 9.79 Å². The zero-order valence-electron chi connectivity index (χ0n) is 12.0. The Morgan fingerprint density at radius 2 is 1.40 bits per heavy atom. The molecule has 0 aromatic heterocycles. The molecule has 0 aliphatic rings. The van der Waals surface area contributed by atoms with Crippen LogP contribution in [0.2, 0.25) is 0 Å². The zero-order valence-corrected chi connectivity index (χ0v) is 13.0. The van der Waals surface area contributed by atoms with E-state index < -0.39 is 7.94 Å². The van der Waals surface area contributed by atoms with E-state index in [0.717, 1.165) is 5.56 Å². The van der Waals surface area contributed by atoms with Crippen molar-refractivity contribution >= 4 is 13.2 Å². The second-order valence-electron chi connectivity index (χ2n) is 5.82. The first kappa shape index (κ1) is 15.0. The average Bonchev–Trinajstić information content (AvgIpc) is 2.39. The molecule has 2 N–H and O–H groups in total. The second kappa shape index (κ2) is 5.53. The molecule has 0 aliphatic heterocycles. The van der Waals surface area contributed by atoms with Gasteiger partial charge >= 0.3 is 120 Å². The predicted octanol–water partition coefficient (Wildman–Crippen LogP) is 3.17. The molecule has 0 unspecified atom stereocenters. The van der Waals surface area contributed by atoms with Crippen LogP contribution in [0.1, 0.15) is 26.3 Å². The molecule has 20 heavy (non-hydrogen) atoms. The zero-order chi connectivity index (χ0) is 14.8. The van der Waals surface area contributed by atoms with Gasteiger partial charge in [0.1, 0.15) is 0 Å². The molecule has 0 atom stereocenters. The van der Waals surface area contributed by atoms with Gasteiger partial charge in [0, 0.05) is 0 Å². The van der Waals surface area contributed by atoms with Crippen LogP contribution in [-0.2, 0) is 5.41 Å². The maximum atomic E-state index is 10.3. The molecule has 2 aromatic carbocycles. The second-order valence-corrected chi connectivity index (χ2v) is 7.82. The minimum absolute atomic E-state index is 0.127. The Morgan fingerprint density at radius 3 is 2.00 bits per heavy atom. The van der Waals surface area contributed by atoms with Crippen molar-refractivity contribution in [3.8, 4) is 5.75 Å². The minimum atomic E-state index is -3.93. The Hall–Kier alpha value is -1.41. The van der Waals surface area contributed by atoms with Gasteiger partial charge in [0.15, 0.2) is 0 Å². The quantitative estimate of drug-likeness (QED) is 0.854. The molecule has 0 fully saturated rings. The average molecular weight is 292 g/mol. The van der Waals surface area contributed by atoms with Crippen LogP contribution in [0.15, 0.2) is 54.6 Å². The van der Waals surface area contributed by atoms with E-state index in [1.54, 1.807) is 30.3 Å². The summed E-state index contributed by atoms with van der Waals surface area (Å²) in [6.45, 7) is 6.20. The standard InChI is InChI=1S/C16H21O3P/c1-16(2,3)14-11-7-8-12-15(14)19-20(17,18)13-9-5-4-6-10-13/h4-12,17-18,20H,1-3H3. The van der Waals surface area contributed by atoms with Crippen molar-refractivity contribution in [2.24, 2.45) is 0 Å². The summed E-state index contributed by atoms with van der Waals surface area (Å²) < 4.78 is 5.60. The monoisotopic (exact) mass is 292 g/mol. The molecule has 2 aromatic rings. The summed E-state index contributed by atoms with van der Waals surface area (Å²) in [5.41, 5.74) is 0.827. The summed E-state index contributed by atoms with van der Waals surface area (Å²) in [7, 11) is -3.93. The Morgan fingerprint density at radius 1 is 0.850 bits per heavy atom. The Balaban J connectivity index is 2.35. The first-order valence-corrected chi connectivity index (χ1v) is 8.40. The van der Waals surface area contributed by atoms with Crippen molar-refractivity contribution in [1.29, 1.82) is 0 Å². The summed E-state index contributed by atoms with van der Waals surface area (Å²) in [6.07, 6.45) is 0. The molecule has 0 radical (unpaired) electrons. The summed E-state index contributed by atoms with van der Waals surface area (Å²) in [6, 6.07) is 16.2. The van der Waals surface area contributed by atoms with E-state index in [0.29, 0.717) is 11.1 Å². The summed E-state index contributed by atoms with van der Waals surface area (Å²) in [5.74, 6) is 0.528. The number of benzene rings is 2. The third-order valence-corrected chi connectivity index (χ3v) is 4.69. The normalized spacial score (nSPS) is 13.1. The van der Waals surface area contributed by atoms with Crippen LogP contribution in [0, 0.1) is 0 Å². The molecule has 0 aliphatic carbocycles. The van der Waals surface area contributed by atoms with Gasteiger partial charge in [-0.1, -0.05) is 0 Å². The van der Waals surface area contributed by atoms with Gasteiger partial charge in [-0.15, -0.1) is 0 Å². The van der Waals surface area contributed by atoms with Gasteiger partial charge in [0.05, 0.1) is 0 Å². The molecule has 4 heteroatoms. The van der Waals surface area contributed by atoms with Gasteiger partial charge in [-0.3, -0.25) is 0 Å². The molecule has 0 amide bonds. The topological polar surface area (TPSA) is 49.7 Å². The van der Waals surface area contributed by atoms with Crippen LogP contribution >= 0.6 is 7.94 Å². The van der Waals surface area contributed by atoms with E-state index in [1.807, 2.05) is 24.3 Å². The maximum absolute atomic E-state index is 10.3. The van der Waals surface area contributed by atoms with Crippen molar-refractivity contribution < 1.29 is 14.3 Å². The number of para-hydroxylation sites is 1. The first-order valence-electron chi connectivity index (χ1n) is 6.59. The molecule has 3 nitrogen and oxygen atoms in total. The van der Waals surface area contributed by atoms with Crippen molar-refractivity contribution in [1.82, 2.24) is 0 Å². The SMILES string of the molecule is CC(C)(C)c1ccccc1O[PH](O)(O)c1ccccc1. The first-order chi connectivity index (χ1) is 9.31. The summed E-state index contributed by atoms with van der Waals surface area (Å²) in [4.78, 5) is 20.6. The van der Waals surface area contributed by atoms with Gasteiger partial charge in [-0.05, 0) is 0 Å². The fraction of sp³-hybridized carbons (Fsp3) is 0.250. The Kier molecular flexibility index (Phi) is 4.14. The van der Waals surface area contributed by atoms with Crippen LogP contribution in [0.4, 0.5) is 0 Å². The van der Waals surface area contributed by atoms with E-state index in [4.69, 9.17) is 4.52 Å². The van der Waals surface area contributed by atoms with Crippen LogP contribution < -0.4 is 9.83 Å². The third kappa shape index (κ3) is 3.37. The summed E-state index contributed by atoms with van der Waals surface area (Å²) in [5, 5.41) is 0.434. The van der Waals surface area contributed by atoms with Gasteiger partial charge in [-0.2, -0.15) is 0 Å². The molecule has 0 saturated heterocycles. The molecule has 0 heterocycles. The van der Waals surface area contributed by atoms with Crippen LogP contribution in [0.3, 0.4) is 0 Å². The van der Waals surface area contributed by atoms with E-state index in [-0.39, 0.29) is 5.41 Å². The fourth-order valence-electron chi connectivity index (χ4n) is 2.04. The molecule has 0 saturated carbocycles. The van der Waals surface area contributed by atoms with Gasteiger partial charge in [0.2, 0.25) is 0 Å².